The molecule has 1 heterocycles. The number of methoxy groups -OCH3 is 1. The lowest BCUT2D eigenvalue weighted by Crippen LogP contribution is -1.81. The van der Waals surface area contributed by atoms with Crippen LogP contribution < -0.4 is 4.74 Å². The second-order valence-electron chi connectivity index (χ2n) is 3.86. The van der Waals surface area contributed by atoms with Gasteiger partial charge in [0.2, 0.25) is 5.89 Å². The van der Waals surface area contributed by atoms with Crippen LogP contribution in [0.25, 0.3) is 22.6 Å². The van der Waals surface area contributed by atoms with Crippen molar-refractivity contribution in [1.82, 2.24) is 4.98 Å². The van der Waals surface area contributed by atoms with E-state index in [0.29, 0.717) is 28.3 Å². The summed E-state index contributed by atoms with van der Waals surface area (Å²) in [5.41, 5.74) is 1.95. The fraction of sp³-hybridized carbons (Fsp3) is 0.0714. The molecule has 3 aromatic rings. The van der Waals surface area contributed by atoms with E-state index in [9.17, 15) is 4.39 Å². The van der Waals surface area contributed by atoms with Gasteiger partial charge in [-0.15, -0.1) is 0 Å². The van der Waals surface area contributed by atoms with E-state index < -0.39 is 0 Å². The van der Waals surface area contributed by atoms with Crippen LogP contribution in [0.1, 0.15) is 0 Å². The first kappa shape index (κ1) is 10.8. The Morgan fingerprint density at radius 3 is 2.83 bits per heavy atom. The molecule has 0 fully saturated rings. The Kier molecular flexibility index (Phi) is 2.48. The molecule has 0 amide bonds. The van der Waals surface area contributed by atoms with Gasteiger partial charge in [0, 0.05) is 11.6 Å². The van der Waals surface area contributed by atoms with Crippen molar-refractivity contribution in [3.05, 3.63) is 48.3 Å². The van der Waals surface area contributed by atoms with Gasteiger partial charge in [-0.3, -0.25) is 0 Å². The molecule has 0 saturated carbocycles. The second kappa shape index (κ2) is 4.14. The minimum Gasteiger partial charge on any atom is -0.497 e. The molecule has 0 bridgehead atoms. The lowest BCUT2D eigenvalue weighted by molar-refractivity contribution is 0.415. The van der Waals surface area contributed by atoms with E-state index in [1.54, 1.807) is 37.4 Å². The highest BCUT2D eigenvalue weighted by Gasteiger charge is 2.09. The van der Waals surface area contributed by atoms with E-state index in [0.717, 1.165) is 0 Å². The highest BCUT2D eigenvalue weighted by Crippen LogP contribution is 2.27. The maximum Gasteiger partial charge on any atom is 0.227 e. The Bertz CT molecular complexity index is 706. The van der Waals surface area contributed by atoms with Crippen molar-refractivity contribution in [3.8, 4) is 17.2 Å². The van der Waals surface area contributed by atoms with Gasteiger partial charge in [0.25, 0.3) is 0 Å². The van der Waals surface area contributed by atoms with Crippen LogP contribution in [0.2, 0.25) is 0 Å². The first-order chi connectivity index (χ1) is 8.76. The first-order valence-electron chi connectivity index (χ1n) is 5.47. The zero-order chi connectivity index (χ0) is 12.5. The predicted octanol–water partition coefficient (Wildman–Crippen LogP) is 3.64. The number of rotatable bonds is 2. The molecule has 0 unspecified atom stereocenters. The van der Waals surface area contributed by atoms with Gasteiger partial charge in [0.05, 0.1) is 7.11 Å². The average Bonchev–Trinajstić information content (AvgIpc) is 2.81. The smallest absolute Gasteiger partial charge is 0.227 e. The molecule has 3 rings (SSSR count). The molecule has 0 N–H and O–H groups in total. The van der Waals surface area contributed by atoms with Gasteiger partial charge in [-0.05, 0) is 30.3 Å². The van der Waals surface area contributed by atoms with E-state index in [1.165, 1.54) is 12.1 Å². The van der Waals surface area contributed by atoms with Crippen LogP contribution in [0.3, 0.4) is 0 Å². The van der Waals surface area contributed by atoms with Gasteiger partial charge in [-0.25, -0.2) is 9.37 Å². The summed E-state index contributed by atoms with van der Waals surface area (Å²) in [5.74, 6) is 0.798. The van der Waals surface area contributed by atoms with Gasteiger partial charge in [0.15, 0.2) is 5.58 Å². The second-order valence-corrected chi connectivity index (χ2v) is 3.86. The average molecular weight is 243 g/mol. The third-order valence-corrected chi connectivity index (χ3v) is 2.67. The fourth-order valence-corrected chi connectivity index (χ4v) is 1.78. The van der Waals surface area contributed by atoms with E-state index in [1.807, 2.05) is 0 Å². The van der Waals surface area contributed by atoms with E-state index in [2.05, 4.69) is 4.98 Å². The Morgan fingerprint density at radius 1 is 1.17 bits per heavy atom. The molecular formula is C14H10FNO2. The minimum absolute atomic E-state index is 0.313. The minimum atomic E-state index is -0.313. The van der Waals surface area contributed by atoms with E-state index in [4.69, 9.17) is 9.15 Å². The number of aromatic nitrogens is 1. The number of fused-ring (bicyclic) bond motifs is 1. The number of benzene rings is 2. The number of nitrogens with zero attached hydrogens (tertiary/aromatic N) is 1. The van der Waals surface area contributed by atoms with Crippen LogP contribution in [-0.4, -0.2) is 12.1 Å². The predicted molar refractivity (Wildman–Crippen MR) is 66.0 cm³/mol. The molecule has 1 aromatic heterocycles. The Morgan fingerprint density at radius 2 is 2.06 bits per heavy atom. The molecule has 0 atom stereocenters. The fourth-order valence-electron chi connectivity index (χ4n) is 1.78. The van der Waals surface area contributed by atoms with Gasteiger partial charge >= 0.3 is 0 Å². The molecule has 0 saturated heterocycles. The third kappa shape index (κ3) is 1.82. The van der Waals surface area contributed by atoms with Crippen molar-refractivity contribution in [2.24, 2.45) is 0 Å². The highest BCUT2D eigenvalue weighted by atomic mass is 19.1. The number of ether oxygens (including phenoxy) is 1. The topological polar surface area (TPSA) is 35.3 Å². The maximum absolute atomic E-state index is 13.1. The largest absolute Gasteiger partial charge is 0.497 e. The molecule has 0 aliphatic carbocycles. The molecule has 2 aromatic carbocycles. The summed E-state index contributed by atoms with van der Waals surface area (Å²) in [6, 6.07) is 11.5. The van der Waals surface area contributed by atoms with Crippen molar-refractivity contribution in [2.75, 3.05) is 7.11 Å². The molecule has 18 heavy (non-hydrogen) atoms. The quantitative estimate of drug-likeness (QED) is 0.689. The van der Waals surface area contributed by atoms with Crippen LogP contribution in [0.4, 0.5) is 4.39 Å². The van der Waals surface area contributed by atoms with Crippen LogP contribution in [0, 0.1) is 5.82 Å². The van der Waals surface area contributed by atoms with Gasteiger partial charge in [0.1, 0.15) is 17.1 Å². The summed E-state index contributed by atoms with van der Waals surface area (Å²) in [6.45, 7) is 0. The summed E-state index contributed by atoms with van der Waals surface area (Å²) >= 11 is 0. The highest BCUT2D eigenvalue weighted by molar-refractivity contribution is 5.77. The SMILES string of the molecule is COc1ccc2oc(-c3cccc(F)c3)nc2c1. The zero-order valence-corrected chi connectivity index (χ0v) is 9.68. The van der Waals surface area contributed by atoms with Crippen molar-refractivity contribution >= 4 is 11.1 Å². The Labute approximate surface area is 103 Å². The van der Waals surface area contributed by atoms with E-state index in [-0.39, 0.29) is 5.82 Å². The molecule has 0 aliphatic rings. The standard InChI is InChI=1S/C14H10FNO2/c1-17-11-5-6-13-12(8-11)16-14(18-13)9-3-2-4-10(15)7-9/h2-8H,1H3. The van der Waals surface area contributed by atoms with Crippen LogP contribution in [0.15, 0.2) is 46.9 Å². The normalized spacial score (nSPS) is 10.8. The zero-order valence-electron chi connectivity index (χ0n) is 9.68. The lowest BCUT2D eigenvalue weighted by Gasteiger charge is -1.95. The van der Waals surface area contributed by atoms with Gasteiger partial charge < -0.3 is 9.15 Å². The van der Waals surface area contributed by atoms with Crippen molar-refractivity contribution < 1.29 is 13.5 Å². The van der Waals surface area contributed by atoms with Crippen LogP contribution >= 0.6 is 0 Å². The Hall–Kier alpha value is -2.36. The molecule has 0 radical (unpaired) electrons. The summed E-state index contributed by atoms with van der Waals surface area (Å²) < 4.78 is 23.8. The molecule has 90 valence electrons. The number of oxazole rings is 1. The number of hydrogen-bond donors (Lipinski definition) is 0. The summed E-state index contributed by atoms with van der Waals surface area (Å²) in [5, 5.41) is 0. The van der Waals surface area contributed by atoms with Crippen LogP contribution in [0.5, 0.6) is 5.75 Å². The van der Waals surface area contributed by atoms with Crippen molar-refractivity contribution in [1.29, 1.82) is 0 Å². The molecule has 3 nitrogen and oxygen atoms in total. The molecular weight excluding hydrogens is 233 g/mol. The lowest BCUT2D eigenvalue weighted by atomic mass is 10.2. The van der Waals surface area contributed by atoms with Crippen molar-refractivity contribution in [2.45, 2.75) is 0 Å². The molecule has 0 spiro atoms. The summed E-state index contributed by atoms with van der Waals surface area (Å²) in [6.07, 6.45) is 0. The monoisotopic (exact) mass is 243 g/mol. The molecule has 0 aliphatic heterocycles. The Balaban J connectivity index is 2.13. The van der Waals surface area contributed by atoms with Gasteiger partial charge in [-0.2, -0.15) is 0 Å². The first-order valence-corrected chi connectivity index (χ1v) is 5.47. The van der Waals surface area contributed by atoms with Gasteiger partial charge in [-0.1, -0.05) is 6.07 Å². The number of hydrogen-bond acceptors (Lipinski definition) is 3. The van der Waals surface area contributed by atoms with Crippen LogP contribution in [-0.2, 0) is 0 Å². The maximum atomic E-state index is 13.1. The molecule has 4 heteroatoms. The van der Waals surface area contributed by atoms with Crippen molar-refractivity contribution in [3.63, 3.8) is 0 Å². The van der Waals surface area contributed by atoms with E-state index >= 15 is 0 Å². The third-order valence-electron chi connectivity index (χ3n) is 2.67. The number of halogens is 1. The summed E-state index contributed by atoms with van der Waals surface area (Å²) in [4.78, 5) is 4.32. The summed E-state index contributed by atoms with van der Waals surface area (Å²) in [7, 11) is 1.59.